The van der Waals surface area contributed by atoms with Crippen LogP contribution in [0.1, 0.15) is 83.6 Å². The highest BCUT2D eigenvalue weighted by Crippen LogP contribution is 2.38. The van der Waals surface area contributed by atoms with Crippen LogP contribution in [0.3, 0.4) is 0 Å². The Morgan fingerprint density at radius 2 is 1.52 bits per heavy atom. The van der Waals surface area contributed by atoms with Crippen molar-refractivity contribution in [2.24, 2.45) is 11.8 Å². The zero-order valence-corrected chi connectivity index (χ0v) is 18.3. The van der Waals surface area contributed by atoms with Gasteiger partial charge in [0.25, 0.3) is 0 Å². The number of esters is 1. The molecule has 0 spiro atoms. The Bertz CT molecular complexity index is 750. The van der Waals surface area contributed by atoms with E-state index in [-0.39, 0.29) is 5.97 Å². The molecule has 1 saturated carbocycles. The van der Waals surface area contributed by atoms with Crippen LogP contribution in [-0.2, 0) is 4.79 Å². The Balaban J connectivity index is 1.54. The zero-order valence-electron chi connectivity index (χ0n) is 18.3. The molecule has 0 radical (unpaired) electrons. The normalized spacial score (nSPS) is 19.3. The molecule has 0 unspecified atom stereocenters. The number of rotatable bonds is 8. The predicted molar refractivity (Wildman–Crippen MR) is 121 cm³/mol. The van der Waals surface area contributed by atoms with Gasteiger partial charge in [0, 0.05) is 6.42 Å². The van der Waals surface area contributed by atoms with E-state index < -0.39 is 0 Å². The largest absolute Gasteiger partial charge is 0.427 e. The first-order valence-corrected chi connectivity index (χ1v) is 11.5. The van der Waals surface area contributed by atoms with Crippen molar-refractivity contribution < 1.29 is 9.53 Å². The maximum Gasteiger partial charge on any atom is 0.311 e. The molecule has 0 amide bonds. The third-order valence-corrected chi connectivity index (χ3v) is 6.25. The van der Waals surface area contributed by atoms with Crippen molar-refractivity contribution in [2.45, 2.75) is 78.1 Å². The molecule has 0 aromatic heterocycles. The maximum absolute atomic E-state index is 11.6. The molecular formula is C27H36O2. The highest BCUT2D eigenvalue weighted by atomic mass is 16.5. The van der Waals surface area contributed by atoms with Gasteiger partial charge in [0.05, 0.1) is 0 Å². The third-order valence-electron chi connectivity index (χ3n) is 6.25. The summed E-state index contributed by atoms with van der Waals surface area (Å²) in [6.45, 7) is 6.64. The van der Waals surface area contributed by atoms with Crippen LogP contribution in [0.25, 0.3) is 11.1 Å². The van der Waals surface area contributed by atoms with Gasteiger partial charge in [-0.25, -0.2) is 0 Å². The molecule has 0 heterocycles. The monoisotopic (exact) mass is 392 g/mol. The minimum atomic E-state index is -0.163. The molecule has 0 bridgehead atoms. The zero-order chi connectivity index (χ0) is 20.6. The summed E-state index contributed by atoms with van der Waals surface area (Å²) >= 11 is 0. The number of carbonyl (C=O) groups excluding carboxylic acids is 1. The number of hydrogen-bond acceptors (Lipinski definition) is 2. The summed E-state index contributed by atoms with van der Waals surface area (Å²) in [5.41, 5.74) is 3.86. The van der Waals surface area contributed by atoms with Crippen LogP contribution in [0.2, 0.25) is 0 Å². The van der Waals surface area contributed by atoms with Crippen LogP contribution in [0.4, 0.5) is 0 Å². The van der Waals surface area contributed by atoms with Crippen molar-refractivity contribution in [2.75, 3.05) is 0 Å². The fourth-order valence-corrected chi connectivity index (χ4v) is 4.40. The topological polar surface area (TPSA) is 26.3 Å². The minimum Gasteiger partial charge on any atom is -0.427 e. The van der Waals surface area contributed by atoms with Crippen molar-refractivity contribution in [3.63, 3.8) is 0 Å². The number of hydrogen-bond donors (Lipinski definition) is 0. The number of ether oxygens (including phenoxy) is 1. The summed E-state index contributed by atoms with van der Waals surface area (Å²) in [6.07, 6.45) is 9.49. The van der Waals surface area contributed by atoms with Gasteiger partial charge in [-0.1, -0.05) is 70.0 Å². The van der Waals surface area contributed by atoms with Gasteiger partial charge in [-0.2, -0.15) is 0 Å². The molecule has 0 aliphatic heterocycles. The van der Waals surface area contributed by atoms with Crippen molar-refractivity contribution >= 4 is 5.97 Å². The molecule has 2 aromatic rings. The van der Waals surface area contributed by atoms with Crippen molar-refractivity contribution in [3.05, 3.63) is 54.1 Å². The molecule has 1 aliphatic rings. The number of carbonyl (C=O) groups is 1. The van der Waals surface area contributed by atoms with Crippen molar-refractivity contribution in [1.29, 1.82) is 0 Å². The standard InChI is InChI=1S/C27H36O2/c1-4-5-27(28)29-26-18-16-25(17-19-26)24-14-12-23(13-15-24)22-10-8-21(9-11-22)7-6-20(2)3/h12-22H,4-11H2,1-3H3. The van der Waals surface area contributed by atoms with Gasteiger partial charge in [0.15, 0.2) is 0 Å². The second kappa shape index (κ2) is 10.6. The SMILES string of the molecule is CCCC(=O)Oc1ccc(-c2ccc(C3CCC(CCC(C)C)CC3)cc2)cc1. The lowest BCUT2D eigenvalue weighted by atomic mass is 9.76. The molecule has 3 rings (SSSR count). The first-order chi connectivity index (χ1) is 14.0. The Hall–Kier alpha value is -2.09. The van der Waals surface area contributed by atoms with Crippen LogP contribution in [0.15, 0.2) is 48.5 Å². The molecule has 29 heavy (non-hydrogen) atoms. The van der Waals surface area contributed by atoms with Crippen molar-refractivity contribution in [3.8, 4) is 16.9 Å². The van der Waals surface area contributed by atoms with E-state index in [9.17, 15) is 4.79 Å². The van der Waals surface area contributed by atoms with Gasteiger partial charge in [-0.3, -0.25) is 4.79 Å². The maximum atomic E-state index is 11.6. The average molecular weight is 393 g/mol. The van der Waals surface area contributed by atoms with E-state index in [0.29, 0.717) is 12.2 Å². The third kappa shape index (κ3) is 6.45. The summed E-state index contributed by atoms with van der Waals surface area (Å²) in [4.78, 5) is 11.6. The quantitative estimate of drug-likeness (QED) is 0.339. The van der Waals surface area contributed by atoms with Crippen LogP contribution < -0.4 is 4.74 Å². The van der Waals surface area contributed by atoms with E-state index in [1.807, 2.05) is 31.2 Å². The molecule has 1 fully saturated rings. The summed E-state index contributed by atoms with van der Waals surface area (Å²) in [5.74, 6) is 2.96. The van der Waals surface area contributed by atoms with E-state index in [1.54, 1.807) is 0 Å². The van der Waals surface area contributed by atoms with Crippen molar-refractivity contribution in [1.82, 2.24) is 0 Å². The van der Waals surface area contributed by atoms with Crippen LogP contribution in [-0.4, -0.2) is 5.97 Å². The van der Waals surface area contributed by atoms with Gasteiger partial charge in [0.2, 0.25) is 0 Å². The lowest BCUT2D eigenvalue weighted by molar-refractivity contribution is -0.134. The second-order valence-corrected chi connectivity index (χ2v) is 9.06. The summed E-state index contributed by atoms with van der Waals surface area (Å²) in [7, 11) is 0. The molecule has 0 N–H and O–H groups in total. The highest BCUT2D eigenvalue weighted by Gasteiger charge is 2.22. The van der Waals surface area contributed by atoms with Gasteiger partial charge in [0.1, 0.15) is 5.75 Å². The fraction of sp³-hybridized carbons (Fsp3) is 0.519. The molecular weight excluding hydrogens is 356 g/mol. The van der Waals surface area contributed by atoms with E-state index in [2.05, 4.69) is 38.1 Å². The first kappa shape index (κ1) is 21.6. The Kier molecular flexibility index (Phi) is 7.91. The van der Waals surface area contributed by atoms with Crippen LogP contribution in [0.5, 0.6) is 5.75 Å². The fourth-order valence-electron chi connectivity index (χ4n) is 4.40. The number of benzene rings is 2. The van der Waals surface area contributed by atoms with Gasteiger partial charge in [-0.05, 0) is 78.7 Å². The molecule has 2 nitrogen and oxygen atoms in total. The lowest BCUT2D eigenvalue weighted by Gasteiger charge is -2.29. The van der Waals surface area contributed by atoms with E-state index in [1.165, 1.54) is 49.7 Å². The Morgan fingerprint density at radius 1 is 0.931 bits per heavy atom. The van der Waals surface area contributed by atoms with Gasteiger partial charge >= 0.3 is 5.97 Å². The first-order valence-electron chi connectivity index (χ1n) is 11.5. The van der Waals surface area contributed by atoms with Gasteiger partial charge in [-0.15, -0.1) is 0 Å². The van der Waals surface area contributed by atoms with Crippen LogP contribution >= 0.6 is 0 Å². The average Bonchev–Trinajstić information content (AvgIpc) is 2.73. The minimum absolute atomic E-state index is 0.163. The van der Waals surface area contributed by atoms with E-state index >= 15 is 0 Å². The molecule has 0 saturated heterocycles. The summed E-state index contributed by atoms with van der Waals surface area (Å²) < 4.78 is 5.34. The smallest absolute Gasteiger partial charge is 0.311 e. The molecule has 2 heteroatoms. The Labute approximate surface area is 176 Å². The summed E-state index contributed by atoms with van der Waals surface area (Å²) in [6, 6.07) is 16.9. The molecule has 2 aromatic carbocycles. The summed E-state index contributed by atoms with van der Waals surface area (Å²) in [5, 5.41) is 0. The van der Waals surface area contributed by atoms with Crippen LogP contribution in [0, 0.1) is 11.8 Å². The highest BCUT2D eigenvalue weighted by molar-refractivity contribution is 5.73. The van der Waals surface area contributed by atoms with E-state index in [0.717, 1.165) is 29.7 Å². The van der Waals surface area contributed by atoms with Gasteiger partial charge < -0.3 is 4.74 Å². The molecule has 156 valence electrons. The molecule has 0 atom stereocenters. The second-order valence-electron chi connectivity index (χ2n) is 9.06. The Morgan fingerprint density at radius 3 is 2.07 bits per heavy atom. The van der Waals surface area contributed by atoms with E-state index in [4.69, 9.17) is 4.74 Å². The predicted octanol–water partition coefficient (Wildman–Crippen LogP) is 7.77. The lowest BCUT2D eigenvalue weighted by Crippen LogP contribution is -2.14. The molecule has 1 aliphatic carbocycles.